The van der Waals surface area contributed by atoms with E-state index in [0.29, 0.717) is 12.0 Å². The molecule has 1 saturated heterocycles. The third-order valence-corrected chi connectivity index (χ3v) is 5.45. The summed E-state index contributed by atoms with van der Waals surface area (Å²) in [6.45, 7) is 0. The third-order valence-electron chi connectivity index (χ3n) is 5.45. The van der Waals surface area contributed by atoms with Gasteiger partial charge in [0.1, 0.15) is 0 Å². The predicted molar refractivity (Wildman–Crippen MR) is 72.5 cm³/mol. The second-order valence-corrected chi connectivity index (χ2v) is 6.94. The highest BCUT2D eigenvalue weighted by molar-refractivity contribution is 4.93. The first-order valence-electron chi connectivity index (χ1n) is 8.12. The van der Waals surface area contributed by atoms with Crippen LogP contribution in [0, 0.1) is 5.92 Å². The molecule has 1 spiro atoms. The van der Waals surface area contributed by atoms with E-state index in [9.17, 15) is 5.11 Å². The molecule has 2 aliphatic carbocycles. The zero-order valence-corrected chi connectivity index (χ0v) is 11.6. The highest BCUT2D eigenvalue weighted by atomic mass is 16.5. The van der Waals surface area contributed by atoms with Crippen molar-refractivity contribution in [2.45, 2.75) is 94.9 Å². The topological polar surface area (TPSA) is 29.5 Å². The van der Waals surface area contributed by atoms with Gasteiger partial charge in [-0.3, -0.25) is 0 Å². The fourth-order valence-corrected chi connectivity index (χ4v) is 4.47. The lowest BCUT2D eigenvalue weighted by molar-refractivity contribution is -0.0461. The van der Waals surface area contributed by atoms with Crippen molar-refractivity contribution in [1.29, 1.82) is 0 Å². The number of hydrogen-bond acceptors (Lipinski definition) is 2. The summed E-state index contributed by atoms with van der Waals surface area (Å²) in [4.78, 5) is 0. The first kappa shape index (κ1) is 12.9. The number of ether oxygens (including phenoxy) is 1. The molecule has 18 heavy (non-hydrogen) atoms. The molecule has 2 heteroatoms. The minimum atomic E-state index is -0.0423. The molecule has 0 amide bonds. The lowest BCUT2D eigenvalue weighted by Gasteiger charge is -2.26. The number of aliphatic hydroxyl groups excluding tert-OH is 1. The van der Waals surface area contributed by atoms with Crippen LogP contribution in [0.4, 0.5) is 0 Å². The third kappa shape index (κ3) is 2.91. The molecule has 1 heterocycles. The Hall–Kier alpha value is -0.0800. The van der Waals surface area contributed by atoms with Gasteiger partial charge in [0.25, 0.3) is 0 Å². The molecule has 3 atom stereocenters. The zero-order valence-electron chi connectivity index (χ0n) is 11.6. The van der Waals surface area contributed by atoms with Crippen LogP contribution in [-0.2, 0) is 4.74 Å². The van der Waals surface area contributed by atoms with Gasteiger partial charge >= 0.3 is 0 Å². The molecule has 0 aromatic heterocycles. The fourth-order valence-electron chi connectivity index (χ4n) is 4.47. The van der Waals surface area contributed by atoms with Gasteiger partial charge in [-0.1, -0.05) is 32.1 Å². The number of aliphatic hydroxyl groups is 1. The molecule has 0 bridgehead atoms. The van der Waals surface area contributed by atoms with E-state index in [-0.39, 0.29) is 11.7 Å². The molecule has 3 unspecified atom stereocenters. The Bertz CT molecular complexity index is 270. The van der Waals surface area contributed by atoms with Crippen LogP contribution in [0.2, 0.25) is 0 Å². The van der Waals surface area contributed by atoms with E-state index in [1.807, 2.05) is 0 Å². The Kier molecular flexibility index (Phi) is 3.95. The molecule has 1 aliphatic heterocycles. The zero-order chi connectivity index (χ0) is 12.4. The summed E-state index contributed by atoms with van der Waals surface area (Å²) in [7, 11) is 0. The van der Waals surface area contributed by atoms with Crippen molar-refractivity contribution in [2.24, 2.45) is 5.92 Å². The maximum absolute atomic E-state index is 9.90. The molecule has 3 fully saturated rings. The van der Waals surface area contributed by atoms with Gasteiger partial charge in [0.15, 0.2) is 0 Å². The van der Waals surface area contributed by atoms with Gasteiger partial charge in [0.2, 0.25) is 0 Å². The summed E-state index contributed by atoms with van der Waals surface area (Å²) < 4.78 is 6.41. The highest BCUT2D eigenvalue weighted by Crippen LogP contribution is 2.45. The first-order valence-corrected chi connectivity index (χ1v) is 8.12. The van der Waals surface area contributed by atoms with Gasteiger partial charge in [-0.25, -0.2) is 0 Å². The molecule has 0 aromatic rings. The van der Waals surface area contributed by atoms with Gasteiger partial charge in [0, 0.05) is 0 Å². The van der Waals surface area contributed by atoms with Crippen molar-refractivity contribution >= 4 is 0 Å². The van der Waals surface area contributed by atoms with Gasteiger partial charge in [-0.15, -0.1) is 0 Å². The van der Waals surface area contributed by atoms with Crippen molar-refractivity contribution in [2.75, 3.05) is 0 Å². The summed E-state index contributed by atoms with van der Waals surface area (Å²) in [5.74, 6) is 0.712. The van der Waals surface area contributed by atoms with Crippen LogP contribution in [0.1, 0.15) is 77.0 Å². The molecule has 2 nitrogen and oxygen atoms in total. The maximum atomic E-state index is 9.90. The normalized spacial score (nSPS) is 40.2. The molecule has 0 aromatic carbocycles. The Morgan fingerprint density at radius 1 is 0.944 bits per heavy atom. The molecule has 0 radical (unpaired) electrons. The van der Waals surface area contributed by atoms with Crippen molar-refractivity contribution in [1.82, 2.24) is 0 Å². The number of rotatable bonds is 2. The minimum Gasteiger partial charge on any atom is -0.393 e. The van der Waals surface area contributed by atoms with Crippen molar-refractivity contribution in [3.8, 4) is 0 Å². The Labute approximate surface area is 111 Å². The lowest BCUT2D eigenvalue weighted by Crippen LogP contribution is -2.26. The van der Waals surface area contributed by atoms with Crippen LogP contribution >= 0.6 is 0 Å². The maximum Gasteiger partial charge on any atom is 0.0687 e. The fraction of sp³-hybridized carbons (Fsp3) is 1.00. The molecular formula is C16H28O2. The van der Waals surface area contributed by atoms with Crippen molar-refractivity contribution < 1.29 is 9.84 Å². The van der Waals surface area contributed by atoms with E-state index >= 15 is 0 Å². The average molecular weight is 252 g/mol. The van der Waals surface area contributed by atoms with Crippen LogP contribution in [0.5, 0.6) is 0 Å². The summed E-state index contributed by atoms with van der Waals surface area (Å²) in [5.41, 5.74) is 0.286. The SMILES string of the molecule is OC1CCCCC(CC2CCC3(CCCC3)O2)C1. The van der Waals surface area contributed by atoms with Gasteiger partial charge in [-0.2, -0.15) is 0 Å². The molecular weight excluding hydrogens is 224 g/mol. The second-order valence-electron chi connectivity index (χ2n) is 6.94. The quantitative estimate of drug-likeness (QED) is 0.757. The average Bonchev–Trinajstić information content (AvgIpc) is 2.90. The molecule has 3 aliphatic rings. The Morgan fingerprint density at radius 3 is 2.56 bits per heavy atom. The van der Waals surface area contributed by atoms with Gasteiger partial charge in [-0.05, 0) is 50.9 Å². The van der Waals surface area contributed by atoms with Gasteiger partial charge in [0.05, 0.1) is 17.8 Å². The number of hydrogen-bond donors (Lipinski definition) is 1. The van der Waals surface area contributed by atoms with E-state index in [4.69, 9.17) is 4.74 Å². The van der Waals surface area contributed by atoms with Crippen LogP contribution < -0.4 is 0 Å². The van der Waals surface area contributed by atoms with Crippen LogP contribution in [0.3, 0.4) is 0 Å². The van der Waals surface area contributed by atoms with Crippen LogP contribution in [-0.4, -0.2) is 22.9 Å². The summed E-state index contributed by atoms with van der Waals surface area (Å²) >= 11 is 0. The van der Waals surface area contributed by atoms with E-state index < -0.39 is 0 Å². The van der Waals surface area contributed by atoms with Crippen molar-refractivity contribution in [3.63, 3.8) is 0 Å². The van der Waals surface area contributed by atoms with Crippen molar-refractivity contribution in [3.05, 3.63) is 0 Å². The summed E-state index contributed by atoms with van der Waals surface area (Å²) in [6, 6.07) is 0. The Morgan fingerprint density at radius 2 is 1.72 bits per heavy atom. The van der Waals surface area contributed by atoms with E-state index in [1.165, 1.54) is 64.2 Å². The largest absolute Gasteiger partial charge is 0.393 e. The predicted octanol–water partition coefficient (Wildman–Crippen LogP) is 3.81. The summed E-state index contributed by atoms with van der Waals surface area (Å²) in [6.07, 6.45) is 15.4. The second kappa shape index (κ2) is 5.50. The van der Waals surface area contributed by atoms with E-state index in [0.717, 1.165) is 12.8 Å². The highest BCUT2D eigenvalue weighted by Gasteiger charge is 2.42. The van der Waals surface area contributed by atoms with E-state index in [2.05, 4.69) is 0 Å². The van der Waals surface area contributed by atoms with Crippen LogP contribution in [0.25, 0.3) is 0 Å². The lowest BCUT2D eigenvalue weighted by atomic mass is 9.91. The molecule has 2 saturated carbocycles. The van der Waals surface area contributed by atoms with E-state index in [1.54, 1.807) is 0 Å². The standard InChI is InChI=1S/C16H28O2/c17-14-6-2-1-5-13(11-14)12-15-7-10-16(18-15)8-3-4-9-16/h13-15,17H,1-12H2. The Balaban J connectivity index is 1.51. The monoisotopic (exact) mass is 252 g/mol. The first-order chi connectivity index (χ1) is 8.76. The molecule has 1 N–H and O–H groups in total. The summed E-state index contributed by atoms with van der Waals surface area (Å²) in [5, 5.41) is 9.90. The molecule has 3 rings (SSSR count). The minimum absolute atomic E-state index is 0.0423. The smallest absolute Gasteiger partial charge is 0.0687 e. The molecule has 104 valence electrons. The van der Waals surface area contributed by atoms with Crippen LogP contribution in [0.15, 0.2) is 0 Å². The van der Waals surface area contributed by atoms with Gasteiger partial charge < -0.3 is 9.84 Å².